The summed E-state index contributed by atoms with van der Waals surface area (Å²) in [4.78, 5) is 9.92. The van der Waals surface area contributed by atoms with E-state index in [0.29, 0.717) is 0 Å². The quantitative estimate of drug-likeness (QED) is 0.542. The topological polar surface area (TPSA) is 37.3 Å². The fraction of sp³-hybridized carbons (Fsp3) is 0.100. The van der Waals surface area contributed by atoms with Gasteiger partial charge in [-0.2, -0.15) is 0 Å². The number of hydrogen-bond donors (Lipinski definition) is 1. The monoisotopic (exact) mass is 162 g/mol. The molecule has 0 saturated carbocycles. The van der Waals surface area contributed by atoms with Gasteiger partial charge in [-0.15, -0.1) is 0 Å². The van der Waals surface area contributed by atoms with Crippen LogP contribution in [0.3, 0.4) is 0 Å². The average molecular weight is 162 g/mol. The molecule has 0 spiro atoms. The number of benzene rings is 1. The number of aldehydes is 1. The first-order chi connectivity index (χ1) is 5.83. The first-order valence-corrected chi connectivity index (χ1v) is 3.71. The van der Waals surface area contributed by atoms with Gasteiger partial charge in [-0.25, -0.2) is 0 Å². The number of aromatic hydroxyl groups is 1. The standard InChI is InChI=1S/C10H10O2/c11-8-2-1-3-9-4-6-10(12)7-5-9/h1-2,4-8,12H,3H2. The predicted molar refractivity (Wildman–Crippen MR) is 47.0 cm³/mol. The Morgan fingerprint density at radius 1 is 1.25 bits per heavy atom. The molecule has 0 fully saturated rings. The van der Waals surface area contributed by atoms with Crippen LogP contribution in [0.15, 0.2) is 36.4 Å². The van der Waals surface area contributed by atoms with Crippen LogP contribution in [-0.4, -0.2) is 11.4 Å². The minimum Gasteiger partial charge on any atom is -0.508 e. The van der Waals surface area contributed by atoms with Crippen LogP contribution >= 0.6 is 0 Å². The van der Waals surface area contributed by atoms with E-state index in [1.165, 1.54) is 6.08 Å². The van der Waals surface area contributed by atoms with Crippen molar-refractivity contribution in [3.63, 3.8) is 0 Å². The SMILES string of the molecule is O=CC=CCc1ccc(O)cc1. The van der Waals surface area contributed by atoms with E-state index >= 15 is 0 Å². The minimum absolute atomic E-state index is 0.262. The van der Waals surface area contributed by atoms with Crippen LogP contribution in [0.2, 0.25) is 0 Å². The lowest BCUT2D eigenvalue weighted by molar-refractivity contribution is -0.104. The van der Waals surface area contributed by atoms with Crippen molar-refractivity contribution in [2.24, 2.45) is 0 Å². The second-order valence-corrected chi connectivity index (χ2v) is 2.43. The molecular formula is C10H10O2. The summed E-state index contributed by atoms with van der Waals surface area (Å²) < 4.78 is 0. The molecule has 0 heterocycles. The van der Waals surface area contributed by atoms with Crippen molar-refractivity contribution in [1.82, 2.24) is 0 Å². The van der Waals surface area contributed by atoms with Crippen LogP contribution in [0.1, 0.15) is 5.56 Å². The predicted octanol–water partition coefficient (Wildman–Crippen LogP) is 1.69. The van der Waals surface area contributed by atoms with Gasteiger partial charge in [0, 0.05) is 0 Å². The molecule has 0 radical (unpaired) electrons. The molecule has 0 amide bonds. The molecule has 0 saturated heterocycles. The van der Waals surface area contributed by atoms with Gasteiger partial charge in [0.2, 0.25) is 0 Å². The van der Waals surface area contributed by atoms with E-state index in [-0.39, 0.29) is 5.75 Å². The summed E-state index contributed by atoms with van der Waals surface area (Å²) in [7, 11) is 0. The first kappa shape index (κ1) is 8.53. The molecule has 2 heteroatoms. The Hall–Kier alpha value is -1.57. The average Bonchev–Trinajstić information content (AvgIpc) is 2.09. The van der Waals surface area contributed by atoms with E-state index in [0.717, 1.165) is 18.3 Å². The molecule has 62 valence electrons. The van der Waals surface area contributed by atoms with Gasteiger partial charge in [-0.1, -0.05) is 18.2 Å². The smallest absolute Gasteiger partial charge is 0.142 e. The Kier molecular flexibility index (Phi) is 3.08. The maximum atomic E-state index is 9.92. The molecule has 0 bridgehead atoms. The van der Waals surface area contributed by atoms with Gasteiger partial charge in [-0.05, 0) is 30.2 Å². The Balaban J connectivity index is 2.58. The lowest BCUT2D eigenvalue weighted by Gasteiger charge is -1.95. The summed E-state index contributed by atoms with van der Waals surface area (Å²) in [5, 5.41) is 8.95. The summed E-state index contributed by atoms with van der Waals surface area (Å²) in [6.45, 7) is 0. The van der Waals surface area contributed by atoms with Crippen molar-refractivity contribution in [3.8, 4) is 5.75 Å². The Morgan fingerprint density at radius 3 is 2.50 bits per heavy atom. The second kappa shape index (κ2) is 4.34. The second-order valence-electron chi connectivity index (χ2n) is 2.43. The van der Waals surface area contributed by atoms with Crippen LogP contribution in [0.4, 0.5) is 0 Å². The third-order valence-electron chi connectivity index (χ3n) is 1.50. The highest BCUT2D eigenvalue weighted by Gasteiger charge is 1.88. The molecule has 0 aliphatic carbocycles. The summed E-state index contributed by atoms with van der Waals surface area (Å²) in [6.07, 6.45) is 4.71. The third-order valence-corrected chi connectivity index (χ3v) is 1.50. The highest BCUT2D eigenvalue weighted by molar-refractivity contribution is 5.64. The maximum absolute atomic E-state index is 9.92. The maximum Gasteiger partial charge on any atom is 0.142 e. The molecular weight excluding hydrogens is 152 g/mol. The molecule has 1 rings (SSSR count). The summed E-state index contributed by atoms with van der Waals surface area (Å²) >= 11 is 0. The molecule has 0 unspecified atom stereocenters. The zero-order chi connectivity index (χ0) is 8.81. The van der Waals surface area contributed by atoms with E-state index in [9.17, 15) is 4.79 Å². The first-order valence-electron chi connectivity index (χ1n) is 3.71. The number of hydrogen-bond acceptors (Lipinski definition) is 2. The molecule has 12 heavy (non-hydrogen) atoms. The molecule has 0 aliphatic heterocycles. The van der Waals surface area contributed by atoms with Crippen molar-refractivity contribution < 1.29 is 9.90 Å². The summed E-state index contributed by atoms with van der Waals surface area (Å²) in [5.41, 5.74) is 1.07. The van der Waals surface area contributed by atoms with Crippen molar-refractivity contribution in [1.29, 1.82) is 0 Å². The van der Waals surface area contributed by atoms with E-state index < -0.39 is 0 Å². The largest absolute Gasteiger partial charge is 0.508 e. The lowest BCUT2D eigenvalue weighted by atomic mass is 10.1. The van der Waals surface area contributed by atoms with E-state index in [1.807, 2.05) is 12.1 Å². The van der Waals surface area contributed by atoms with Crippen LogP contribution in [0.25, 0.3) is 0 Å². The van der Waals surface area contributed by atoms with E-state index in [2.05, 4.69) is 0 Å². The molecule has 1 aromatic carbocycles. The minimum atomic E-state index is 0.262. The van der Waals surface area contributed by atoms with Gasteiger partial charge in [-0.3, -0.25) is 4.79 Å². The van der Waals surface area contributed by atoms with Crippen molar-refractivity contribution >= 4 is 6.29 Å². The molecule has 2 nitrogen and oxygen atoms in total. The molecule has 0 atom stereocenters. The lowest BCUT2D eigenvalue weighted by Crippen LogP contribution is -1.78. The zero-order valence-electron chi connectivity index (χ0n) is 6.60. The third kappa shape index (κ3) is 2.58. The summed E-state index contributed by atoms with van der Waals surface area (Å²) in [5.74, 6) is 0.262. The number of carbonyl (C=O) groups is 1. The van der Waals surface area contributed by atoms with Gasteiger partial charge >= 0.3 is 0 Å². The van der Waals surface area contributed by atoms with Gasteiger partial charge < -0.3 is 5.11 Å². The number of phenols is 1. The number of allylic oxidation sites excluding steroid dienone is 2. The molecule has 1 N–H and O–H groups in total. The number of carbonyl (C=O) groups excluding carboxylic acids is 1. The Bertz CT molecular complexity index is 272. The molecule has 0 aromatic heterocycles. The van der Waals surface area contributed by atoms with Gasteiger partial charge in [0.25, 0.3) is 0 Å². The fourth-order valence-electron chi connectivity index (χ4n) is 0.892. The van der Waals surface area contributed by atoms with Crippen molar-refractivity contribution in [2.75, 3.05) is 0 Å². The van der Waals surface area contributed by atoms with Crippen molar-refractivity contribution in [3.05, 3.63) is 42.0 Å². The van der Waals surface area contributed by atoms with Crippen LogP contribution in [0, 0.1) is 0 Å². The van der Waals surface area contributed by atoms with Gasteiger partial charge in [0.1, 0.15) is 12.0 Å². The van der Waals surface area contributed by atoms with Crippen LogP contribution in [0.5, 0.6) is 5.75 Å². The molecule has 0 aliphatic rings. The highest BCUT2D eigenvalue weighted by Crippen LogP contribution is 2.09. The van der Waals surface area contributed by atoms with E-state index in [1.54, 1.807) is 18.2 Å². The normalized spacial score (nSPS) is 10.3. The Morgan fingerprint density at radius 2 is 1.92 bits per heavy atom. The van der Waals surface area contributed by atoms with Gasteiger partial charge in [0.15, 0.2) is 0 Å². The van der Waals surface area contributed by atoms with Crippen LogP contribution < -0.4 is 0 Å². The number of phenolic OH excluding ortho intramolecular Hbond substituents is 1. The fourth-order valence-corrected chi connectivity index (χ4v) is 0.892. The van der Waals surface area contributed by atoms with Gasteiger partial charge in [0.05, 0.1) is 0 Å². The zero-order valence-corrected chi connectivity index (χ0v) is 6.60. The Labute approximate surface area is 71.2 Å². The van der Waals surface area contributed by atoms with Crippen molar-refractivity contribution in [2.45, 2.75) is 6.42 Å². The molecule has 1 aromatic rings. The van der Waals surface area contributed by atoms with E-state index in [4.69, 9.17) is 5.11 Å². The number of rotatable bonds is 3. The highest BCUT2D eigenvalue weighted by atomic mass is 16.3. The van der Waals surface area contributed by atoms with Crippen LogP contribution in [-0.2, 0) is 11.2 Å². The summed E-state index contributed by atoms with van der Waals surface area (Å²) in [6, 6.07) is 6.91.